The van der Waals surface area contributed by atoms with Crippen molar-refractivity contribution in [2.45, 2.75) is 39.0 Å². The minimum atomic E-state index is -10.7. The molecule has 0 aliphatic heterocycles. The molecule has 0 fully saturated rings. The van der Waals surface area contributed by atoms with Gasteiger partial charge in [-0.25, -0.2) is 0 Å². The quantitative estimate of drug-likeness (QED) is 0.225. The average molecular weight is 377 g/mol. The maximum absolute atomic E-state index is 10.7. The van der Waals surface area contributed by atoms with Crippen LogP contribution in [0, 0.1) is 0 Å². The first-order valence-electron chi connectivity index (χ1n) is 7.64. The summed E-state index contributed by atoms with van der Waals surface area (Å²) >= 11 is 0. The molecule has 0 unspecified atom stereocenters. The molecule has 0 aliphatic rings. The van der Waals surface area contributed by atoms with Crippen LogP contribution in [0.15, 0.2) is 0 Å². The van der Waals surface area contributed by atoms with E-state index in [1.54, 1.807) is 0 Å². The summed E-state index contributed by atoms with van der Waals surface area (Å²) in [6, 6.07) is 0. The molecule has 1 N–H and O–H groups in total. The van der Waals surface area contributed by atoms with Crippen molar-refractivity contribution in [1.82, 2.24) is 0 Å². The standard InChI is InChI=1S/C13H30NO2.F6P/c1-4-5-6-7-8-9-14(2,3)10-12-16-13-11-15;1-7(2,3,4,5)6/h15H,4-13H2,1-3H3;/q+1;-1. The van der Waals surface area contributed by atoms with Gasteiger partial charge >= 0.3 is 33.0 Å². The first kappa shape index (κ1) is 25.1. The van der Waals surface area contributed by atoms with Gasteiger partial charge in [-0.2, -0.15) is 0 Å². The Morgan fingerprint density at radius 1 is 0.826 bits per heavy atom. The molecule has 0 heterocycles. The van der Waals surface area contributed by atoms with Crippen LogP contribution in [0.25, 0.3) is 0 Å². The summed E-state index contributed by atoms with van der Waals surface area (Å²) in [5.41, 5.74) is 0. The Kier molecular flexibility index (Phi) is 10.3. The van der Waals surface area contributed by atoms with Crippen molar-refractivity contribution in [1.29, 1.82) is 0 Å². The zero-order chi connectivity index (χ0) is 18.7. The third-order valence-corrected chi connectivity index (χ3v) is 2.94. The van der Waals surface area contributed by atoms with Crippen LogP contribution >= 0.6 is 7.81 Å². The number of likely N-dealkylation sites (N-methyl/N-ethyl adjacent to an activating group) is 1. The first-order valence-corrected chi connectivity index (χ1v) is 9.67. The third-order valence-electron chi connectivity index (χ3n) is 2.94. The fourth-order valence-corrected chi connectivity index (χ4v) is 1.73. The number of hydrogen-bond donors (Lipinski definition) is 1. The van der Waals surface area contributed by atoms with Crippen molar-refractivity contribution in [2.75, 3.05) is 47.0 Å². The molecular formula is C13H30F6NO2P. The zero-order valence-electron chi connectivity index (χ0n) is 14.1. The van der Waals surface area contributed by atoms with E-state index in [0.717, 1.165) is 17.6 Å². The number of unbranched alkanes of at least 4 members (excludes halogenated alkanes) is 4. The second-order valence-electron chi connectivity index (χ2n) is 6.09. The molecule has 0 atom stereocenters. The van der Waals surface area contributed by atoms with E-state index in [2.05, 4.69) is 21.0 Å². The molecule has 0 aromatic carbocycles. The minimum absolute atomic E-state index is 0.129. The van der Waals surface area contributed by atoms with Gasteiger partial charge in [-0.15, -0.1) is 0 Å². The topological polar surface area (TPSA) is 29.5 Å². The van der Waals surface area contributed by atoms with Gasteiger partial charge in [0.05, 0.1) is 40.5 Å². The Hall–Kier alpha value is -0.110. The van der Waals surface area contributed by atoms with E-state index in [1.807, 2.05) is 0 Å². The predicted molar refractivity (Wildman–Crippen MR) is 82.1 cm³/mol. The van der Waals surface area contributed by atoms with Crippen LogP contribution < -0.4 is 0 Å². The Bertz CT molecular complexity index is 296. The molecule has 0 aromatic rings. The van der Waals surface area contributed by atoms with Crippen LogP contribution in [-0.4, -0.2) is 56.6 Å². The van der Waals surface area contributed by atoms with Gasteiger partial charge in [0.2, 0.25) is 0 Å². The van der Waals surface area contributed by atoms with E-state index in [4.69, 9.17) is 9.84 Å². The van der Waals surface area contributed by atoms with Crippen molar-refractivity contribution >= 4 is 7.81 Å². The number of quaternary nitrogens is 1. The molecular weight excluding hydrogens is 347 g/mol. The first-order chi connectivity index (χ1) is 10.1. The predicted octanol–water partition coefficient (Wildman–Crippen LogP) is 5.42. The Morgan fingerprint density at radius 3 is 1.74 bits per heavy atom. The average Bonchev–Trinajstić information content (AvgIpc) is 2.30. The van der Waals surface area contributed by atoms with Gasteiger partial charge in [0.15, 0.2) is 0 Å². The fourth-order valence-electron chi connectivity index (χ4n) is 1.73. The Labute approximate surface area is 134 Å². The van der Waals surface area contributed by atoms with Gasteiger partial charge < -0.3 is 14.3 Å². The maximum atomic E-state index is 9.87. The number of aliphatic hydroxyl groups excluding tert-OH is 1. The summed E-state index contributed by atoms with van der Waals surface area (Å²) in [7, 11) is -6.15. The summed E-state index contributed by atoms with van der Waals surface area (Å²) in [5, 5.41) is 8.59. The van der Waals surface area contributed by atoms with Gasteiger partial charge in [-0.05, 0) is 12.8 Å². The van der Waals surface area contributed by atoms with Gasteiger partial charge in [0, 0.05) is 0 Å². The number of rotatable bonds is 11. The second kappa shape index (κ2) is 9.39. The SMILES string of the molecule is CCCCCCC[N+](C)(C)CCOCCO.F[P-](F)(F)(F)(F)F. The van der Waals surface area contributed by atoms with Crippen molar-refractivity contribution in [3.05, 3.63) is 0 Å². The molecule has 23 heavy (non-hydrogen) atoms. The molecule has 0 spiro atoms. The molecule has 0 saturated heterocycles. The van der Waals surface area contributed by atoms with E-state index >= 15 is 0 Å². The van der Waals surface area contributed by atoms with Crippen molar-refractivity contribution < 1.29 is 39.5 Å². The van der Waals surface area contributed by atoms with E-state index in [9.17, 15) is 25.2 Å². The number of nitrogens with zero attached hydrogens (tertiary/aromatic N) is 1. The zero-order valence-corrected chi connectivity index (χ0v) is 15.0. The Balaban J connectivity index is 0. The summed E-state index contributed by atoms with van der Waals surface area (Å²) in [6.07, 6.45) is 6.72. The summed E-state index contributed by atoms with van der Waals surface area (Å²) in [5.74, 6) is 0. The molecule has 0 amide bonds. The normalized spacial score (nSPS) is 15.4. The molecule has 10 heteroatoms. The van der Waals surface area contributed by atoms with E-state index in [-0.39, 0.29) is 6.61 Å². The van der Waals surface area contributed by atoms with Crippen LogP contribution in [0.3, 0.4) is 0 Å². The number of aliphatic hydroxyl groups is 1. The monoisotopic (exact) mass is 377 g/mol. The van der Waals surface area contributed by atoms with E-state index in [1.165, 1.54) is 38.6 Å². The fraction of sp³-hybridized carbons (Fsp3) is 1.00. The van der Waals surface area contributed by atoms with E-state index in [0.29, 0.717) is 6.61 Å². The van der Waals surface area contributed by atoms with E-state index < -0.39 is 7.81 Å². The molecule has 0 aliphatic carbocycles. The van der Waals surface area contributed by atoms with Gasteiger partial charge in [-0.1, -0.05) is 26.2 Å². The molecule has 0 radical (unpaired) electrons. The summed E-state index contributed by atoms with van der Waals surface area (Å²) < 4.78 is 65.5. The van der Waals surface area contributed by atoms with Crippen molar-refractivity contribution in [3.63, 3.8) is 0 Å². The number of halogens is 6. The second-order valence-corrected chi connectivity index (χ2v) is 8.01. The summed E-state index contributed by atoms with van der Waals surface area (Å²) in [4.78, 5) is 0. The van der Waals surface area contributed by atoms with Crippen LogP contribution in [0.5, 0.6) is 0 Å². The molecule has 3 nitrogen and oxygen atoms in total. The Morgan fingerprint density at radius 2 is 1.30 bits per heavy atom. The van der Waals surface area contributed by atoms with Crippen molar-refractivity contribution in [3.8, 4) is 0 Å². The van der Waals surface area contributed by atoms with Crippen LogP contribution in [0.1, 0.15) is 39.0 Å². The molecule has 0 bridgehead atoms. The molecule has 0 rings (SSSR count). The van der Waals surface area contributed by atoms with Crippen LogP contribution in [0.2, 0.25) is 0 Å². The molecule has 0 aromatic heterocycles. The van der Waals surface area contributed by atoms with Crippen LogP contribution in [0.4, 0.5) is 25.2 Å². The number of ether oxygens (including phenoxy) is 1. The van der Waals surface area contributed by atoms with Crippen LogP contribution in [-0.2, 0) is 4.74 Å². The van der Waals surface area contributed by atoms with Gasteiger partial charge in [0.1, 0.15) is 6.54 Å². The molecule has 0 saturated carbocycles. The third kappa shape index (κ3) is 39.1. The van der Waals surface area contributed by atoms with Crippen molar-refractivity contribution in [2.24, 2.45) is 0 Å². The number of hydrogen-bond acceptors (Lipinski definition) is 2. The van der Waals surface area contributed by atoms with Gasteiger partial charge in [0.25, 0.3) is 0 Å². The van der Waals surface area contributed by atoms with Gasteiger partial charge in [-0.3, -0.25) is 0 Å². The molecule has 146 valence electrons. The summed E-state index contributed by atoms with van der Waals surface area (Å²) in [6.45, 7) is 5.86.